The van der Waals surface area contributed by atoms with Gasteiger partial charge in [-0.1, -0.05) is 127 Å². The maximum atomic E-state index is 6.56. The molecule has 0 bridgehead atoms. The van der Waals surface area contributed by atoms with Gasteiger partial charge >= 0.3 is 0 Å². The number of benzene rings is 8. The van der Waals surface area contributed by atoms with E-state index in [9.17, 15) is 0 Å². The molecule has 0 aliphatic heterocycles. The van der Waals surface area contributed by atoms with Gasteiger partial charge in [-0.05, 0) is 56.8 Å². The fraction of sp³-hybridized carbons (Fsp3) is 0. The van der Waals surface area contributed by atoms with Gasteiger partial charge in [0, 0.05) is 38.2 Å². The monoisotopic (exact) mass is 559 g/mol. The molecule has 204 valence electrons. The molecule has 0 saturated carbocycles. The highest BCUT2D eigenvalue weighted by Gasteiger charge is 2.22. The Morgan fingerprint density at radius 3 is 1.73 bits per heavy atom. The standard InChI is InChI=1S/C42H25NO/c1-2-12-26(13-3-1)43-37-22-11-19-32(35-21-10-20-34-30-17-8-9-23-38(30)44-42(34)35)39(37)36-25-24-33-29-16-5-4-14-27(29)28-15-6-7-18-31(28)40(33)41(36)43/h1-25H. The van der Waals surface area contributed by atoms with E-state index in [0.29, 0.717) is 0 Å². The van der Waals surface area contributed by atoms with Crippen molar-refractivity contribution in [2.75, 3.05) is 0 Å². The third-order valence-electron chi connectivity index (χ3n) is 9.37. The van der Waals surface area contributed by atoms with Crippen molar-refractivity contribution in [3.05, 3.63) is 152 Å². The molecule has 2 heteroatoms. The molecule has 2 aromatic heterocycles. The smallest absolute Gasteiger partial charge is 0.143 e. The molecule has 0 saturated heterocycles. The molecule has 0 amide bonds. The lowest BCUT2D eigenvalue weighted by Gasteiger charge is -2.14. The molecular formula is C42H25NO. The molecule has 10 rings (SSSR count). The zero-order valence-electron chi connectivity index (χ0n) is 23.8. The van der Waals surface area contributed by atoms with Gasteiger partial charge in [0.1, 0.15) is 11.2 Å². The van der Waals surface area contributed by atoms with Gasteiger partial charge in [-0.15, -0.1) is 0 Å². The molecule has 2 nitrogen and oxygen atoms in total. The molecule has 0 fully saturated rings. The van der Waals surface area contributed by atoms with Gasteiger partial charge in [0.25, 0.3) is 0 Å². The van der Waals surface area contributed by atoms with Crippen LogP contribution in [0.25, 0.3) is 92.9 Å². The molecule has 0 unspecified atom stereocenters. The van der Waals surface area contributed by atoms with Crippen molar-refractivity contribution in [1.29, 1.82) is 0 Å². The molecule has 0 atom stereocenters. The van der Waals surface area contributed by atoms with E-state index in [1.54, 1.807) is 0 Å². The minimum absolute atomic E-state index is 0.915. The van der Waals surface area contributed by atoms with Crippen molar-refractivity contribution in [1.82, 2.24) is 4.57 Å². The summed E-state index contributed by atoms with van der Waals surface area (Å²) in [6, 6.07) is 54.7. The summed E-state index contributed by atoms with van der Waals surface area (Å²) in [6.07, 6.45) is 0. The van der Waals surface area contributed by atoms with Gasteiger partial charge in [0.15, 0.2) is 0 Å². The molecule has 0 radical (unpaired) electrons. The molecule has 44 heavy (non-hydrogen) atoms. The summed E-state index contributed by atoms with van der Waals surface area (Å²) in [4.78, 5) is 0. The second-order valence-corrected chi connectivity index (χ2v) is 11.6. The van der Waals surface area contributed by atoms with Crippen molar-refractivity contribution < 1.29 is 4.42 Å². The lowest BCUT2D eigenvalue weighted by atomic mass is 9.92. The Morgan fingerprint density at radius 1 is 0.364 bits per heavy atom. The fourth-order valence-electron chi connectivity index (χ4n) is 7.57. The summed E-state index contributed by atoms with van der Waals surface area (Å²) in [6.45, 7) is 0. The number of aromatic nitrogens is 1. The number of rotatable bonds is 2. The highest BCUT2D eigenvalue weighted by atomic mass is 16.3. The van der Waals surface area contributed by atoms with Gasteiger partial charge in [0.2, 0.25) is 0 Å². The first kappa shape index (κ1) is 23.7. The third kappa shape index (κ3) is 3.09. The summed E-state index contributed by atoms with van der Waals surface area (Å²) in [5.74, 6) is 0. The first-order valence-corrected chi connectivity index (χ1v) is 15.1. The minimum Gasteiger partial charge on any atom is -0.455 e. The van der Waals surface area contributed by atoms with Crippen LogP contribution in [-0.4, -0.2) is 4.57 Å². The van der Waals surface area contributed by atoms with Crippen LogP contribution in [0.15, 0.2) is 156 Å². The number of hydrogen-bond donors (Lipinski definition) is 0. The average Bonchev–Trinajstić information content (AvgIpc) is 3.65. The Balaban J connectivity index is 1.45. The lowest BCUT2D eigenvalue weighted by Crippen LogP contribution is -1.95. The first-order valence-electron chi connectivity index (χ1n) is 15.1. The van der Waals surface area contributed by atoms with Crippen LogP contribution in [0.2, 0.25) is 0 Å². The molecule has 2 heterocycles. The van der Waals surface area contributed by atoms with Gasteiger partial charge in [-0.2, -0.15) is 0 Å². The lowest BCUT2D eigenvalue weighted by molar-refractivity contribution is 0.670. The Bertz CT molecular complexity index is 2730. The van der Waals surface area contributed by atoms with Crippen molar-refractivity contribution in [2.45, 2.75) is 0 Å². The molecule has 10 aromatic rings. The Kier molecular flexibility index (Phi) is 4.75. The average molecular weight is 560 g/mol. The number of hydrogen-bond acceptors (Lipinski definition) is 1. The van der Waals surface area contributed by atoms with Crippen LogP contribution in [0, 0.1) is 0 Å². The van der Waals surface area contributed by atoms with Crippen LogP contribution >= 0.6 is 0 Å². The van der Waals surface area contributed by atoms with E-state index in [2.05, 4.69) is 150 Å². The quantitative estimate of drug-likeness (QED) is 0.193. The van der Waals surface area contributed by atoms with Crippen LogP contribution in [0.5, 0.6) is 0 Å². The molecule has 8 aromatic carbocycles. The SMILES string of the molecule is c1ccc(-n2c3cccc(-c4cccc5c4oc4ccccc45)c3c3ccc4c5ccccc5c5ccccc5c4c32)cc1. The maximum absolute atomic E-state index is 6.56. The first-order chi connectivity index (χ1) is 21.9. The minimum atomic E-state index is 0.915. The molecule has 0 spiro atoms. The highest BCUT2D eigenvalue weighted by molar-refractivity contribution is 6.34. The topological polar surface area (TPSA) is 18.1 Å². The summed E-state index contributed by atoms with van der Waals surface area (Å²) < 4.78 is 9.03. The van der Waals surface area contributed by atoms with Gasteiger partial charge in [-0.3, -0.25) is 0 Å². The predicted molar refractivity (Wildman–Crippen MR) is 186 cm³/mol. The molecule has 0 aliphatic rings. The van der Waals surface area contributed by atoms with Gasteiger partial charge < -0.3 is 8.98 Å². The highest BCUT2D eigenvalue weighted by Crippen LogP contribution is 2.46. The summed E-state index contributed by atoms with van der Waals surface area (Å²) in [5.41, 5.74) is 7.70. The zero-order chi connectivity index (χ0) is 28.8. The Morgan fingerprint density at radius 2 is 0.932 bits per heavy atom. The van der Waals surface area contributed by atoms with E-state index in [1.165, 1.54) is 59.7 Å². The second kappa shape index (κ2) is 8.82. The fourth-order valence-corrected chi connectivity index (χ4v) is 7.57. The molecule has 0 N–H and O–H groups in total. The largest absolute Gasteiger partial charge is 0.455 e. The summed E-state index contributed by atoms with van der Waals surface area (Å²) >= 11 is 0. The van der Waals surface area contributed by atoms with Crippen molar-refractivity contribution in [2.24, 2.45) is 0 Å². The van der Waals surface area contributed by atoms with E-state index < -0.39 is 0 Å². The summed E-state index contributed by atoms with van der Waals surface area (Å²) in [7, 11) is 0. The number of nitrogens with zero attached hydrogens (tertiary/aromatic N) is 1. The zero-order valence-corrected chi connectivity index (χ0v) is 23.8. The normalized spacial score (nSPS) is 12.1. The van der Waals surface area contributed by atoms with Crippen LogP contribution in [0.3, 0.4) is 0 Å². The number of furan rings is 1. The van der Waals surface area contributed by atoms with E-state index in [0.717, 1.165) is 33.2 Å². The third-order valence-corrected chi connectivity index (χ3v) is 9.37. The van der Waals surface area contributed by atoms with Gasteiger partial charge in [-0.25, -0.2) is 0 Å². The number of fused-ring (bicyclic) bond motifs is 13. The van der Waals surface area contributed by atoms with E-state index >= 15 is 0 Å². The van der Waals surface area contributed by atoms with Crippen LogP contribution in [0.4, 0.5) is 0 Å². The molecule has 0 aliphatic carbocycles. The Labute approximate surface area is 253 Å². The van der Waals surface area contributed by atoms with E-state index in [4.69, 9.17) is 4.42 Å². The maximum Gasteiger partial charge on any atom is 0.143 e. The van der Waals surface area contributed by atoms with Crippen LogP contribution in [0.1, 0.15) is 0 Å². The molecular weight excluding hydrogens is 534 g/mol. The van der Waals surface area contributed by atoms with Crippen molar-refractivity contribution >= 4 is 76.1 Å². The van der Waals surface area contributed by atoms with Crippen LogP contribution < -0.4 is 0 Å². The van der Waals surface area contributed by atoms with Gasteiger partial charge in [0.05, 0.1) is 11.0 Å². The van der Waals surface area contributed by atoms with Crippen molar-refractivity contribution in [3.63, 3.8) is 0 Å². The van der Waals surface area contributed by atoms with Crippen molar-refractivity contribution in [3.8, 4) is 16.8 Å². The Hall–Kier alpha value is -5.86. The second-order valence-electron chi connectivity index (χ2n) is 11.6. The number of para-hydroxylation sites is 3. The predicted octanol–water partition coefficient (Wildman–Crippen LogP) is 11.8. The summed E-state index contributed by atoms with van der Waals surface area (Å²) in [5, 5.41) is 12.4. The van der Waals surface area contributed by atoms with E-state index in [1.807, 2.05) is 6.07 Å². The van der Waals surface area contributed by atoms with Crippen LogP contribution in [-0.2, 0) is 0 Å². The van der Waals surface area contributed by atoms with E-state index in [-0.39, 0.29) is 0 Å².